The van der Waals surface area contributed by atoms with Crippen LogP contribution in [-0.4, -0.2) is 0 Å². The van der Waals surface area contributed by atoms with Gasteiger partial charge < -0.3 is 9.32 Å². The van der Waals surface area contributed by atoms with Crippen LogP contribution in [0.5, 0.6) is 0 Å². The van der Waals surface area contributed by atoms with E-state index in [1.54, 1.807) is 0 Å². The quantitative estimate of drug-likeness (QED) is 0.175. The Morgan fingerprint density at radius 3 is 1.62 bits per heavy atom. The molecule has 9 aromatic carbocycles. The highest BCUT2D eigenvalue weighted by Gasteiger charge is 2.23. The number of anilines is 3. The summed E-state index contributed by atoms with van der Waals surface area (Å²) in [7, 11) is 0. The van der Waals surface area contributed by atoms with Crippen LogP contribution in [0.25, 0.3) is 76.5 Å². The second-order valence-corrected chi connectivity index (χ2v) is 12.9. The van der Waals surface area contributed by atoms with Crippen molar-refractivity contribution in [3.05, 3.63) is 188 Å². The van der Waals surface area contributed by atoms with Gasteiger partial charge in [-0.05, 0) is 80.5 Å². The summed E-state index contributed by atoms with van der Waals surface area (Å²) in [6.45, 7) is 0. The van der Waals surface area contributed by atoms with Gasteiger partial charge in [0, 0.05) is 27.3 Å². The zero-order valence-electron chi connectivity index (χ0n) is 27.3. The molecule has 0 aliphatic carbocycles. The molecule has 1 aromatic heterocycles. The van der Waals surface area contributed by atoms with Gasteiger partial charge in [0.15, 0.2) is 0 Å². The Kier molecular flexibility index (Phi) is 6.53. The minimum Gasteiger partial charge on any atom is -0.456 e. The summed E-state index contributed by atoms with van der Waals surface area (Å²) in [4.78, 5) is 2.47. The number of nitrogens with zero attached hydrogens (tertiary/aromatic N) is 1. The lowest BCUT2D eigenvalue weighted by Gasteiger charge is -2.31. The van der Waals surface area contributed by atoms with Crippen LogP contribution in [0.2, 0.25) is 0 Å². The van der Waals surface area contributed by atoms with Crippen LogP contribution < -0.4 is 4.90 Å². The third-order valence-corrected chi connectivity index (χ3v) is 10.0. The zero-order chi connectivity index (χ0) is 33.0. The van der Waals surface area contributed by atoms with Crippen LogP contribution in [0.3, 0.4) is 0 Å². The second kappa shape index (κ2) is 11.5. The smallest absolute Gasteiger partial charge is 0.136 e. The Bertz CT molecular complexity index is 2880. The van der Waals surface area contributed by atoms with Crippen molar-refractivity contribution < 1.29 is 4.42 Å². The number of benzene rings is 9. The molecule has 0 saturated heterocycles. The van der Waals surface area contributed by atoms with Gasteiger partial charge in [-0.15, -0.1) is 0 Å². The summed E-state index contributed by atoms with van der Waals surface area (Å²) >= 11 is 0. The molecule has 0 atom stereocenters. The van der Waals surface area contributed by atoms with E-state index < -0.39 is 0 Å². The summed E-state index contributed by atoms with van der Waals surface area (Å²) in [6.07, 6.45) is 0. The lowest BCUT2D eigenvalue weighted by Crippen LogP contribution is -2.13. The topological polar surface area (TPSA) is 16.4 Å². The molecule has 0 spiro atoms. The molecule has 2 heteroatoms. The van der Waals surface area contributed by atoms with E-state index in [4.69, 9.17) is 4.42 Å². The van der Waals surface area contributed by atoms with Crippen LogP contribution in [-0.2, 0) is 0 Å². The van der Waals surface area contributed by atoms with Gasteiger partial charge in [0.25, 0.3) is 0 Å². The first kappa shape index (κ1) is 28.4. The van der Waals surface area contributed by atoms with Crippen LogP contribution in [0.1, 0.15) is 0 Å². The Morgan fingerprint density at radius 1 is 0.300 bits per heavy atom. The standard InChI is InChI=1S/C48H31NO/c1-2-14-32(15-3-1)38-20-10-12-24-44(38)49(46-30-35-18-6-7-19-37(35)40-22-8-9-23-41(40)46)45-25-13-11-21-39(45)36-26-27-47-42(29-36)43-28-33-16-4-5-17-34(33)31-48(43)50-47/h1-31H. The van der Waals surface area contributed by atoms with Gasteiger partial charge in [-0.2, -0.15) is 0 Å². The predicted octanol–water partition coefficient (Wildman–Crippen LogP) is 13.8. The van der Waals surface area contributed by atoms with Crippen LogP contribution >= 0.6 is 0 Å². The Balaban J connectivity index is 1.26. The fourth-order valence-electron chi connectivity index (χ4n) is 7.68. The largest absolute Gasteiger partial charge is 0.456 e. The van der Waals surface area contributed by atoms with Gasteiger partial charge in [0.05, 0.1) is 17.1 Å². The molecule has 234 valence electrons. The van der Waals surface area contributed by atoms with Crippen molar-refractivity contribution in [1.82, 2.24) is 0 Å². The molecule has 0 N–H and O–H groups in total. The summed E-state index contributed by atoms with van der Waals surface area (Å²) in [5.41, 5.74) is 9.78. The molecule has 0 saturated carbocycles. The third kappa shape index (κ3) is 4.57. The average molecular weight is 638 g/mol. The first-order valence-corrected chi connectivity index (χ1v) is 17.1. The number of hydrogen-bond acceptors (Lipinski definition) is 2. The fourth-order valence-corrected chi connectivity index (χ4v) is 7.68. The van der Waals surface area contributed by atoms with Crippen molar-refractivity contribution in [3.8, 4) is 22.3 Å². The monoisotopic (exact) mass is 637 g/mol. The molecule has 0 unspecified atom stereocenters. The lowest BCUT2D eigenvalue weighted by molar-refractivity contribution is 0.669. The van der Waals surface area contributed by atoms with Crippen molar-refractivity contribution in [3.63, 3.8) is 0 Å². The Morgan fingerprint density at radius 2 is 0.860 bits per heavy atom. The molecular formula is C48H31NO. The van der Waals surface area contributed by atoms with Gasteiger partial charge in [0.1, 0.15) is 11.2 Å². The van der Waals surface area contributed by atoms with Crippen LogP contribution in [0.4, 0.5) is 17.1 Å². The highest BCUT2D eigenvalue weighted by molar-refractivity contribution is 6.16. The van der Waals surface area contributed by atoms with Crippen molar-refractivity contribution in [2.24, 2.45) is 0 Å². The van der Waals surface area contributed by atoms with Gasteiger partial charge >= 0.3 is 0 Å². The van der Waals surface area contributed by atoms with Crippen molar-refractivity contribution in [1.29, 1.82) is 0 Å². The fraction of sp³-hybridized carbons (Fsp3) is 0. The van der Waals surface area contributed by atoms with Crippen LogP contribution in [0.15, 0.2) is 192 Å². The second-order valence-electron chi connectivity index (χ2n) is 12.9. The lowest BCUT2D eigenvalue weighted by atomic mass is 9.95. The van der Waals surface area contributed by atoms with E-state index in [2.05, 4.69) is 193 Å². The van der Waals surface area contributed by atoms with Gasteiger partial charge in [-0.3, -0.25) is 0 Å². The number of para-hydroxylation sites is 2. The molecule has 0 aliphatic heterocycles. The normalized spacial score (nSPS) is 11.6. The molecule has 10 aromatic rings. The van der Waals surface area contributed by atoms with Crippen molar-refractivity contribution >= 4 is 71.3 Å². The van der Waals surface area contributed by atoms with E-state index in [1.807, 2.05) is 0 Å². The third-order valence-electron chi connectivity index (χ3n) is 10.0. The molecule has 50 heavy (non-hydrogen) atoms. The van der Waals surface area contributed by atoms with Crippen molar-refractivity contribution in [2.75, 3.05) is 4.90 Å². The first-order valence-electron chi connectivity index (χ1n) is 17.1. The van der Waals surface area contributed by atoms with E-state index in [0.29, 0.717) is 0 Å². The minimum absolute atomic E-state index is 0.892. The minimum atomic E-state index is 0.892. The van der Waals surface area contributed by atoms with E-state index >= 15 is 0 Å². The summed E-state index contributed by atoms with van der Waals surface area (Å²) in [5, 5.41) is 9.53. The average Bonchev–Trinajstić information content (AvgIpc) is 3.54. The number of furan rings is 1. The van der Waals surface area contributed by atoms with E-state index in [0.717, 1.165) is 50.1 Å². The highest BCUT2D eigenvalue weighted by atomic mass is 16.3. The summed E-state index contributed by atoms with van der Waals surface area (Å²) in [5.74, 6) is 0. The van der Waals surface area contributed by atoms with E-state index in [-0.39, 0.29) is 0 Å². The molecular weight excluding hydrogens is 607 g/mol. The zero-order valence-corrected chi connectivity index (χ0v) is 27.3. The van der Waals surface area contributed by atoms with Gasteiger partial charge in [-0.1, -0.05) is 146 Å². The summed E-state index contributed by atoms with van der Waals surface area (Å²) in [6, 6.07) is 67.6. The van der Waals surface area contributed by atoms with Crippen LogP contribution in [0, 0.1) is 0 Å². The Labute approximate surface area is 290 Å². The maximum Gasteiger partial charge on any atom is 0.136 e. The molecule has 0 aliphatic rings. The van der Waals surface area contributed by atoms with Gasteiger partial charge in [0.2, 0.25) is 0 Å². The Hall–Kier alpha value is -6.64. The number of hydrogen-bond donors (Lipinski definition) is 0. The highest BCUT2D eigenvalue weighted by Crippen LogP contribution is 2.48. The predicted molar refractivity (Wildman–Crippen MR) is 212 cm³/mol. The first-order chi connectivity index (χ1) is 24.8. The molecule has 2 nitrogen and oxygen atoms in total. The number of fused-ring (bicyclic) bond motifs is 7. The SMILES string of the molecule is c1ccc(-c2ccccc2N(c2ccccc2-c2ccc3oc4cc5ccccc5cc4c3c2)c2cc3ccccc3c3ccccc23)cc1. The maximum atomic E-state index is 6.41. The molecule has 0 fully saturated rings. The van der Waals surface area contributed by atoms with E-state index in [9.17, 15) is 0 Å². The number of rotatable bonds is 5. The molecule has 1 heterocycles. The van der Waals surface area contributed by atoms with Crippen molar-refractivity contribution in [2.45, 2.75) is 0 Å². The summed E-state index contributed by atoms with van der Waals surface area (Å²) < 4.78 is 6.41. The van der Waals surface area contributed by atoms with Gasteiger partial charge in [-0.25, -0.2) is 0 Å². The maximum absolute atomic E-state index is 6.41. The van der Waals surface area contributed by atoms with E-state index in [1.165, 1.54) is 43.4 Å². The molecule has 0 bridgehead atoms. The molecule has 0 amide bonds. The molecule has 10 rings (SSSR count). The molecule has 0 radical (unpaired) electrons.